The van der Waals surface area contributed by atoms with Crippen LogP contribution in [-0.4, -0.2) is 60.0 Å². The maximum atomic E-state index is 13.6. The Morgan fingerprint density at radius 3 is 2.39 bits per heavy atom. The van der Waals surface area contributed by atoms with Crippen LogP contribution in [0.3, 0.4) is 0 Å². The lowest BCUT2D eigenvalue weighted by Gasteiger charge is -2.28. The summed E-state index contributed by atoms with van der Waals surface area (Å²) in [5.74, 6) is -0.283. The van der Waals surface area contributed by atoms with Gasteiger partial charge in [0.25, 0.3) is 5.91 Å². The molecule has 0 spiro atoms. The van der Waals surface area contributed by atoms with Crippen molar-refractivity contribution in [2.75, 3.05) is 16.4 Å². The van der Waals surface area contributed by atoms with Gasteiger partial charge in [-0.15, -0.1) is 0 Å². The van der Waals surface area contributed by atoms with Gasteiger partial charge in [0.15, 0.2) is 15.0 Å². The van der Waals surface area contributed by atoms with E-state index in [9.17, 15) is 18.0 Å². The Morgan fingerprint density at radius 2 is 1.74 bits per heavy atom. The fraction of sp³-hybridized carbons (Fsp3) is 0.464. The number of ether oxygens (including phenoxy) is 1. The average Bonchev–Trinajstić information content (AvgIpc) is 3.28. The van der Waals surface area contributed by atoms with Crippen molar-refractivity contribution in [3.8, 4) is 0 Å². The molecule has 2 aromatic carbocycles. The van der Waals surface area contributed by atoms with Gasteiger partial charge in [0.1, 0.15) is 11.6 Å². The molecule has 0 saturated carbocycles. The highest BCUT2D eigenvalue weighted by Crippen LogP contribution is 2.43. The Hall–Kier alpha value is -2.85. The van der Waals surface area contributed by atoms with Gasteiger partial charge in [-0.05, 0) is 43.9 Å². The van der Waals surface area contributed by atoms with Crippen LogP contribution >= 0.6 is 11.8 Å². The molecule has 0 aromatic heterocycles. The average molecular weight is 558 g/mol. The van der Waals surface area contributed by atoms with Crippen LogP contribution in [0.15, 0.2) is 59.6 Å². The van der Waals surface area contributed by atoms with Gasteiger partial charge in [0, 0.05) is 17.4 Å². The van der Waals surface area contributed by atoms with Crippen LogP contribution in [0.5, 0.6) is 0 Å². The van der Waals surface area contributed by atoms with Crippen LogP contribution in [0.2, 0.25) is 0 Å². The summed E-state index contributed by atoms with van der Waals surface area (Å²) in [6, 6.07) is 15.9. The number of amidine groups is 1. The van der Waals surface area contributed by atoms with Gasteiger partial charge in [-0.3, -0.25) is 4.79 Å². The molecule has 8 nitrogen and oxygen atoms in total. The Morgan fingerprint density at radius 1 is 1.08 bits per heavy atom. The van der Waals surface area contributed by atoms with Gasteiger partial charge in [-0.25, -0.2) is 13.2 Å². The molecule has 0 unspecified atom stereocenters. The van der Waals surface area contributed by atoms with E-state index in [0.29, 0.717) is 5.17 Å². The minimum atomic E-state index is -3.20. The van der Waals surface area contributed by atoms with E-state index in [1.54, 1.807) is 20.8 Å². The predicted molar refractivity (Wildman–Crippen MR) is 153 cm³/mol. The number of alkyl carbamates (subject to hydrolysis) is 1. The highest BCUT2D eigenvalue weighted by molar-refractivity contribution is 8.16. The van der Waals surface area contributed by atoms with Gasteiger partial charge < -0.3 is 15.0 Å². The van der Waals surface area contributed by atoms with Crippen molar-refractivity contribution in [3.05, 3.63) is 65.7 Å². The number of aliphatic imine (C=N–C) groups is 1. The lowest BCUT2D eigenvalue weighted by molar-refractivity contribution is -0.119. The van der Waals surface area contributed by atoms with Crippen molar-refractivity contribution in [1.82, 2.24) is 5.32 Å². The summed E-state index contributed by atoms with van der Waals surface area (Å²) in [6.07, 6.45) is -0.458. The van der Waals surface area contributed by atoms with E-state index in [1.165, 1.54) is 11.8 Å². The molecule has 2 amide bonds. The molecule has 2 aliphatic heterocycles. The molecule has 204 valence electrons. The first kappa shape index (κ1) is 28.2. The SMILES string of the molecule is CC(C)c1ccccc1N1C(=NC(=O)[C@@H](Cc2ccccc2)NC(=O)OC(C)(C)C)S[C@H]2CS(=O)(=O)C[C@@H]21. The van der Waals surface area contributed by atoms with E-state index >= 15 is 0 Å². The van der Waals surface area contributed by atoms with E-state index in [4.69, 9.17) is 4.74 Å². The molecule has 0 radical (unpaired) electrons. The number of thioether (sulfide) groups is 1. The maximum absolute atomic E-state index is 13.6. The van der Waals surface area contributed by atoms with Gasteiger partial charge in [0.2, 0.25) is 0 Å². The van der Waals surface area contributed by atoms with Crippen LogP contribution in [0.25, 0.3) is 0 Å². The molecule has 0 bridgehead atoms. The van der Waals surface area contributed by atoms with Crippen molar-refractivity contribution >= 4 is 44.5 Å². The third-order valence-corrected chi connectivity index (χ3v) is 9.57. The molecule has 4 rings (SSSR count). The van der Waals surface area contributed by atoms with Crippen LogP contribution in [-0.2, 0) is 25.8 Å². The number of amides is 2. The number of hydrogen-bond donors (Lipinski definition) is 1. The third kappa shape index (κ3) is 6.77. The van der Waals surface area contributed by atoms with Gasteiger partial charge in [-0.1, -0.05) is 74.1 Å². The van der Waals surface area contributed by atoms with Crippen LogP contribution < -0.4 is 10.2 Å². The molecular weight excluding hydrogens is 522 g/mol. The topological polar surface area (TPSA) is 105 Å². The molecule has 1 N–H and O–H groups in total. The lowest BCUT2D eigenvalue weighted by Crippen LogP contribution is -2.45. The predicted octanol–water partition coefficient (Wildman–Crippen LogP) is 4.55. The summed E-state index contributed by atoms with van der Waals surface area (Å²) in [7, 11) is -3.20. The molecule has 0 aliphatic carbocycles. The number of rotatable bonds is 6. The minimum absolute atomic E-state index is 0.00785. The molecule has 2 fully saturated rings. The monoisotopic (exact) mass is 557 g/mol. The molecule has 10 heteroatoms. The molecule has 38 heavy (non-hydrogen) atoms. The van der Waals surface area contributed by atoms with Crippen LogP contribution in [0.4, 0.5) is 10.5 Å². The second kappa shape index (κ2) is 11.1. The summed E-state index contributed by atoms with van der Waals surface area (Å²) < 4.78 is 30.4. The standard InChI is InChI=1S/C28H35N3O5S2/c1-18(2)20-13-9-10-14-22(20)31-23-16-38(34,35)17-24(23)37-26(31)30-25(32)21(15-19-11-7-6-8-12-19)29-27(33)36-28(3,4)5/h6-14,18,21,23-24H,15-17H2,1-5H3,(H,29,33)/t21-,23+,24+/m1/s1. The van der Waals surface area contributed by atoms with E-state index in [2.05, 4.69) is 24.2 Å². The zero-order chi connectivity index (χ0) is 27.7. The summed E-state index contributed by atoms with van der Waals surface area (Å²) in [6.45, 7) is 9.42. The molecule has 2 saturated heterocycles. The van der Waals surface area contributed by atoms with Crippen LogP contribution in [0, 0.1) is 0 Å². The Balaban J connectivity index is 1.69. The summed E-state index contributed by atoms with van der Waals surface area (Å²) in [5.41, 5.74) is 2.04. The number of hydrogen-bond acceptors (Lipinski definition) is 6. The fourth-order valence-corrected chi connectivity index (χ4v) is 8.63. The van der Waals surface area contributed by atoms with Crippen molar-refractivity contribution in [2.24, 2.45) is 4.99 Å². The number of anilines is 1. The van der Waals surface area contributed by atoms with Crippen molar-refractivity contribution in [2.45, 2.75) is 69.9 Å². The number of carbonyl (C=O) groups excluding carboxylic acids is 2. The quantitative estimate of drug-likeness (QED) is 0.556. The Bertz CT molecular complexity index is 1320. The van der Waals surface area contributed by atoms with E-state index in [1.807, 2.05) is 59.5 Å². The number of nitrogens with zero attached hydrogens (tertiary/aromatic N) is 2. The zero-order valence-corrected chi connectivity index (χ0v) is 24.0. The molecule has 3 atom stereocenters. The van der Waals surface area contributed by atoms with E-state index in [0.717, 1.165) is 16.8 Å². The Kier molecular flexibility index (Phi) is 8.23. The zero-order valence-electron chi connectivity index (χ0n) is 22.4. The van der Waals surface area contributed by atoms with Crippen molar-refractivity contribution < 1.29 is 22.7 Å². The van der Waals surface area contributed by atoms with Crippen LogP contribution in [0.1, 0.15) is 51.7 Å². The first-order chi connectivity index (χ1) is 17.8. The largest absolute Gasteiger partial charge is 0.444 e. The number of para-hydroxylation sites is 1. The van der Waals surface area contributed by atoms with Crippen molar-refractivity contribution in [1.29, 1.82) is 0 Å². The van der Waals surface area contributed by atoms with Crippen molar-refractivity contribution in [3.63, 3.8) is 0 Å². The summed E-state index contributed by atoms with van der Waals surface area (Å²) in [5, 5.41) is 2.93. The van der Waals surface area contributed by atoms with Gasteiger partial charge in [0.05, 0.1) is 17.5 Å². The number of carbonyl (C=O) groups is 2. The minimum Gasteiger partial charge on any atom is -0.444 e. The normalized spacial score (nSPS) is 22.4. The highest BCUT2D eigenvalue weighted by atomic mass is 32.2. The number of sulfone groups is 1. The van der Waals surface area contributed by atoms with Gasteiger partial charge >= 0.3 is 6.09 Å². The second-order valence-electron chi connectivity index (χ2n) is 11.0. The molecule has 2 aliphatic rings. The number of benzene rings is 2. The highest BCUT2D eigenvalue weighted by Gasteiger charge is 2.50. The number of fused-ring (bicyclic) bond motifs is 1. The molecule has 2 heterocycles. The first-order valence-corrected chi connectivity index (χ1v) is 15.4. The summed E-state index contributed by atoms with van der Waals surface area (Å²) >= 11 is 1.32. The fourth-order valence-electron chi connectivity index (χ4n) is 4.71. The van der Waals surface area contributed by atoms with E-state index < -0.39 is 33.5 Å². The number of nitrogens with one attached hydrogen (secondary N) is 1. The van der Waals surface area contributed by atoms with E-state index in [-0.39, 0.29) is 35.1 Å². The van der Waals surface area contributed by atoms with Gasteiger partial charge in [-0.2, -0.15) is 4.99 Å². The summed E-state index contributed by atoms with van der Waals surface area (Å²) in [4.78, 5) is 32.7. The lowest BCUT2D eigenvalue weighted by atomic mass is 9.99. The third-order valence-electron chi connectivity index (χ3n) is 6.36. The molecular formula is C28H35N3O5S2. The maximum Gasteiger partial charge on any atom is 0.408 e. The molecule has 2 aromatic rings. The second-order valence-corrected chi connectivity index (χ2v) is 14.4. The first-order valence-electron chi connectivity index (χ1n) is 12.7. The Labute approximate surface area is 229 Å². The smallest absolute Gasteiger partial charge is 0.408 e.